The number of hydrogen-bond donors (Lipinski definition) is 4. The van der Waals surface area contributed by atoms with Gasteiger partial charge < -0.3 is 40.2 Å². The van der Waals surface area contributed by atoms with Crippen molar-refractivity contribution in [3.63, 3.8) is 0 Å². The van der Waals surface area contributed by atoms with E-state index >= 15 is 0 Å². The first kappa shape index (κ1) is 48.7. The average Bonchev–Trinajstić information content (AvgIpc) is 3.79. The van der Waals surface area contributed by atoms with E-state index in [1.54, 1.807) is 0 Å². The molecule has 12 nitrogen and oxygen atoms in total. The minimum Gasteiger partial charge on any atom is -0.463 e. The van der Waals surface area contributed by atoms with Gasteiger partial charge in [-0.25, -0.2) is 0 Å². The molecule has 16 unspecified atom stereocenters. The number of ether oxygens (including phenoxy) is 4. The first-order chi connectivity index (χ1) is 28.3. The Morgan fingerprint density at radius 1 is 0.367 bits per heavy atom. The number of rotatable bonds is 16. The predicted octanol–water partition coefficient (Wildman–Crippen LogP) is 6.86. The van der Waals surface area contributed by atoms with Crippen LogP contribution in [0.3, 0.4) is 0 Å². The second kappa shape index (κ2) is 21.9. The van der Waals surface area contributed by atoms with Gasteiger partial charge >= 0.3 is 23.9 Å². The van der Waals surface area contributed by atoms with Gasteiger partial charge in [0.1, 0.15) is 0 Å². The Kier molecular flexibility index (Phi) is 17.8. The molecule has 16 atom stereocenters. The third kappa shape index (κ3) is 12.9. The van der Waals surface area contributed by atoms with Crippen LogP contribution in [0.4, 0.5) is 0 Å². The molecule has 8 bridgehead atoms. The first-order valence-electron chi connectivity index (χ1n) is 24.1. The van der Waals surface area contributed by atoms with Crippen LogP contribution in [0.25, 0.3) is 0 Å². The number of carbonyl (C=O) groups is 4. The van der Waals surface area contributed by atoms with E-state index in [1.165, 1.54) is 0 Å². The van der Waals surface area contributed by atoms with Gasteiger partial charge in [-0.1, -0.05) is 27.7 Å². The summed E-state index contributed by atoms with van der Waals surface area (Å²) in [5.74, 6) is 2.01. The zero-order chi connectivity index (χ0) is 44.0. The van der Waals surface area contributed by atoms with Gasteiger partial charge in [0.2, 0.25) is 0 Å². The van der Waals surface area contributed by atoms with Gasteiger partial charge in [-0.15, -0.1) is 0 Å². The largest absolute Gasteiger partial charge is 0.463 e. The molecule has 0 aliphatic carbocycles. The smallest absolute Gasteiger partial charge is 0.306 e. The Bertz CT molecular complexity index is 1220. The zero-order valence-electron chi connectivity index (χ0n) is 39.3. The van der Waals surface area contributed by atoms with E-state index in [-0.39, 0.29) is 96.6 Å². The molecule has 12 heteroatoms. The summed E-state index contributed by atoms with van der Waals surface area (Å²) in [4.78, 5) is 51.8. The van der Waals surface area contributed by atoms with Gasteiger partial charge in [0, 0.05) is 74.0 Å². The fourth-order valence-corrected chi connectivity index (χ4v) is 12.3. The molecule has 0 aromatic carbocycles. The first-order valence-corrected chi connectivity index (χ1v) is 24.1. The summed E-state index contributed by atoms with van der Waals surface area (Å²) >= 11 is 0. The minimum atomic E-state index is -0.139. The van der Waals surface area contributed by atoms with Crippen molar-refractivity contribution in [1.29, 1.82) is 0 Å². The van der Waals surface area contributed by atoms with Gasteiger partial charge in [0.15, 0.2) is 0 Å². The van der Waals surface area contributed by atoms with E-state index in [4.69, 9.17) is 18.9 Å². The molecule has 5 heterocycles. The number of esters is 4. The van der Waals surface area contributed by atoms with Gasteiger partial charge in [-0.2, -0.15) is 0 Å². The Labute approximate surface area is 362 Å². The molecule has 0 spiro atoms. The van der Waals surface area contributed by atoms with Gasteiger partial charge in [0.25, 0.3) is 0 Å². The van der Waals surface area contributed by atoms with Crippen molar-refractivity contribution in [3.05, 3.63) is 0 Å². The Morgan fingerprint density at radius 3 is 0.717 bits per heavy atom. The molecule has 5 aliphatic rings. The highest BCUT2D eigenvalue weighted by molar-refractivity contribution is 5.70. The van der Waals surface area contributed by atoms with Crippen LogP contribution in [0.15, 0.2) is 0 Å². The van der Waals surface area contributed by atoms with Crippen LogP contribution in [0.2, 0.25) is 0 Å². The highest BCUT2D eigenvalue weighted by atomic mass is 16.6. The maximum Gasteiger partial charge on any atom is 0.306 e. The quantitative estimate of drug-likeness (QED) is 0.0949. The standard InChI is InChI=1S/C48H84N4O8/c1-25(2)57-45(53)17-13-33-29(9)37-22-42-35(15-19-47(55)59-27(5)6)31(11)39(51-42)24-44-36(16-20-48(56)60-28(7)8)32(12)40(52-44)23-43-34(14-18-46(54)58-26(3)4)30(10)38(50-43)21-41(33)49-37/h25-44,49-52H,13-24H2,1-12H3. The molecule has 5 fully saturated rings. The maximum atomic E-state index is 12.9. The summed E-state index contributed by atoms with van der Waals surface area (Å²) in [6.45, 7) is 24.7. The monoisotopic (exact) mass is 845 g/mol. The summed E-state index contributed by atoms with van der Waals surface area (Å²) in [6, 6.07) is 1.82. The molecule has 5 rings (SSSR count). The highest BCUT2D eigenvalue weighted by Crippen LogP contribution is 2.45. The van der Waals surface area contributed by atoms with Crippen molar-refractivity contribution >= 4 is 23.9 Å². The van der Waals surface area contributed by atoms with Crippen molar-refractivity contribution in [1.82, 2.24) is 21.3 Å². The summed E-state index contributed by atoms with van der Waals surface area (Å²) in [6.07, 6.45) is 7.90. The molecule has 4 N–H and O–H groups in total. The molecule has 5 aliphatic heterocycles. The molecule has 60 heavy (non-hydrogen) atoms. The van der Waals surface area contributed by atoms with E-state index < -0.39 is 0 Å². The van der Waals surface area contributed by atoms with Crippen LogP contribution in [0.1, 0.15) is 160 Å². The third-order valence-corrected chi connectivity index (χ3v) is 15.2. The second-order valence-corrected chi connectivity index (χ2v) is 20.9. The fraction of sp³-hybridized carbons (Fsp3) is 0.917. The molecular weight excluding hydrogens is 761 g/mol. The summed E-state index contributed by atoms with van der Waals surface area (Å²) < 4.78 is 22.5. The van der Waals surface area contributed by atoms with Crippen LogP contribution in [0.5, 0.6) is 0 Å². The number of nitrogens with one attached hydrogen (secondary N) is 4. The average molecular weight is 845 g/mol. The van der Waals surface area contributed by atoms with Crippen LogP contribution >= 0.6 is 0 Å². The normalized spacial score (nSPS) is 37.9. The third-order valence-electron chi connectivity index (χ3n) is 15.2. The van der Waals surface area contributed by atoms with Crippen LogP contribution in [0, 0.1) is 47.3 Å². The lowest BCUT2D eigenvalue weighted by Crippen LogP contribution is -2.45. The summed E-state index contributed by atoms with van der Waals surface area (Å²) in [5.41, 5.74) is 0. The molecule has 0 aromatic rings. The predicted molar refractivity (Wildman–Crippen MR) is 234 cm³/mol. The van der Waals surface area contributed by atoms with E-state index in [2.05, 4.69) is 49.0 Å². The van der Waals surface area contributed by atoms with E-state index in [1.807, 2.05) is 55.4 Å². The molecule has 0 aromatic heterocycles. The SMILES string of the molecule is CC(C)OC(=O)CCC1C2CC3NC(CC4NC(CC5NC(CC(N2)C1C)C(CCC(=O)OC(C)C)C5C)C(CCC(=O)OC(C)C)C4C)C(CCC(=O)OC(C)C)C3C. The minimum absolute atomic E-state index is 0.132. The van der Waals surface area contributed by atoms with E-state index in [0.717, 1.165) is 51.4 Å². The second-order valence-electron chi connectivity index (χ2n) is 20.9. The molecule has 0 amide bonds. The lowest BCUT2D eigenvalue weighted by molar-refractivity contribution is -0.148. The lowest BCUT2D eigenvalue weighted by atomic mass is 9.76. The van der Waals surface area contributed by atoms with E-state index in [0.29, 0.717) is 73.0 Å². The van der Waals surface area contributed by atoms with Crippen molar-refractivity contribution < 1.29 is 38.1 Å². The van der Waals surface area contributed by atoms with Gasteiger partial charge in [0.05, 0.1) is 24.4 Å². The van der Waals surface area contributed by atoms with Gasteiger partial charge in [-0.3, -0.25) is 19.2 Å². The molecular formula is C48H84N4O8. The zero-order valence-corrected chi connectivity index (χ0v) is 39.3. The van der Waals surface area contributed by atoms with Crippen LogP contribution in [-0.2, 0) is 38.1 Å². The number of fused-ring (bicyclic) bond motifs is 8. The van der Waals surface area contributed by atoms with Crippen molar-refractivity contribution in [2.45, 2.75) is 233 Å². The topological polar surface area (TPSA) is 153 Å². The van der Waals surface area contributed by atoms with E-state index in [9.17, 15) is 19.2 Å². The van der Waals surface area contributed by atoms with Crippen molar-refractivity contribution in [2.24, 2.45) is 47.3 Å². The number of carbonyl (C=O) groups excluding carboxylic acids is 4. The van der Waals surface area contributed by atoms with Crippen molar-refractivity contribution in [3.8, 4) is 0 Å². The van der Waals surface area contributed by atoms with Crippen LogP contribution in [-0.4, -0.2) is 96.6 Å². The maximum absolute atomic E-state index is 12.9. The van der Waals surface area contributed by atoms with Gasteiger partial charge in [-0.05, 0) is 154 Å². The molecule has 344 valence electrons. The molecule has 0 saturated carbocycles. The lowest BCUT2D eigenvalue weighted by Gasteiger charge is -2.27. The molecule has 5 saturated heterocycles. The summed E-state index contributed by atoms with van der Waals surface area (Å²) in [7, 11) is 0. The molecule has 0 radical (unpaired) electrons. The van der Waals surface area contributed by atoms with Crippen molar-refractivity contribution in [2.75, 3.05) is 0 Å². The Hall–Kier alpha value is -2.28. The fourth-order valence-electron chi connectivity index (χ4n) is 12.3. The Morgan fingerprint density at radius 2 is 0.550 bits per heavy atom. The van der Waals surface area contributed by atoms with Crippen LogP contribution < -0.4 is 21.3 Å². The Balaban J connectivity index is 1.47. The summed E-state index contributed by atoms with van der Waals surface area (Å²) in [5, 5.41) is 16.7. The number of hydrogen-bond acceptors (Lipinski definition) is 12. The highest BCUT2D eigenvalue weighted by Gasteiger charge is 2.51.